The van der Waals surface area contributed by atoms with Crippen LogP contribution in [0.1, 0.15) is 39.1 Å². The molecule has 0 aromatic carbocycles. The van der Waals surface area contributed by atoms with E-state index in [1.54, 1.807) is 11.3 Å². The highest BCUT2D eigenvalue weighted by molar-refractivity contribution is 7.11. The molecule has 1 aliphatic rings. The first kappa shape index (κ1) is 13.4. The number of piperidine rings is 1. The molecule has 1 saturated heterocycles. The number of rotatable bonds is 2. The van der Waals surface area contributed by atoms with Gasteiger partial charge in [-0.05, 0) is 31.9 Å². The van der Waals surface area contributed by atoms with E-state index in [-0.39, 0.29) is 5.91 Å². The average molecular weight is 289 g/mol. The summed E-state index contributed by atoms with van der Waals surface area (Å²) in [5.74, 6) is 0.530. The molecule has 0 spiro atoms. The average Bonchev–Trinajstić information content (AvgIpc) is 3.07. The summed E-state index contributed by atoms with van der Waals surface area (Å²) in [7, 11) is 1.92. The molecule has 0 bridgehead atoms. The van der Waals surface area contributed by atoms with E-state index < -0.39 is 0 Å². The Morgan fingerprint density at radius 3 is 3.00 bits per heavy atom. The SMILES string of the molecule is Cc1cnc([C@H]2CCCN(C(=O)c3cccn3C)C2)s1. The number of hydrogen-bond acceptors (Lipinski definition) is 3. The second-order valence-electron chi connectivity index (χ2n) is 5.40. The van der Waals surface area contributed by atoms with Crippen molar-refractivity contribution in [2.75, 3.05) is 13.1 Å². The van der Waals surface area contributed by atoms with Crippen LogP contribution in [0, 0.1) is 6.92 Å². The van der Waals surface area contributed by atoms with Crippen LogP contribution < -0.4 is 0 Å². The van der Waals surface area contributed by atoms with Gasteiger partial charge in [0.2, 0.25) is 0 Å². The molecule has 0 aliphatic carbocycles. The van der Waals surface area contributed by atoms with Gasteiger partial charge in [-0.1, -0.05) is 0 Å². The molecule has 5 heteroatoms. The molecular weight excluding hydrogens is 270 g/mol. The Balaban J connectivity index is 1.75. The summed E-state index contributed by atoms with van der Waals surface area (Å²) in [6, 6.07) is 3.80. The molecule has 2 aromatic rings. The van der Waals surface area contributed by atoms with E-state index in [1.165, 1.54) is 9.88 Å². The van der Waals surface area contributed by atoms with Gasteiger partial charge in [0.15, 0.2) is 0 Å². The Hall–Kier alpha value is -1.62. The van der Waals surface area contributed by atoms with Gasteiger partial charge in [-0.15, -0.1) is 11.3 Å². The maximum Gasteiger partial charge on any atom is 0.270 e. The number of carbonyl (C=O) groups excluding carboxylic acids is 1. The minimum atomic E-state index is 0.135. The first-order valence-corrected chi connectivity index (χ1v) is 7.79. The lowest BCUT2D eigenvalue weighted by Gasteiger charge is -2.31. The second kappa shape index (κ2) is 5.40. The van der Waals surface area contributed by atoms with E-state index >= 15 is 0 Å². The van der Waals surface area contributed by atoms with Crippen molar-refractivity contribution in [3.8, 4) is 0 Å². The van der Waals surface area contributed by atoms with Gasteiger partial charge in [0.05, 0.1) is 5.01 Å². The van der Waals surface area contributed by atoms with Crippen molar-refractivity contribution < 1.29 is 4.79 Å². The van der Waals surface area contributed by atoms with Crippen LogP contribution in [0.15, 0.2) is 24.5 Å². The molecular formula is C15H19N3OS. The molecule has 1 atom stereocenters. The quantitative estimate of drug-likeness (QED) is 0.852. The molecule has 0 radical (unpaired) electrons. The number of aryl methyl sites for hydroxylation is 2. The zero-order chi connectivity index (χ0) is 14.1. The number of aromatic nitrogens is 2. The molecule has 0 saturated carbocycles. The van der Waals surface area contributed by atoms with Gasteiger partial charge in [0, 0.05) is 43.3 Å². The van der Waals surface area contributed by atoms with Crippen LogP contribution in [0.5, 0.6) is 0 Å². The summed E-state index contributed by atoms with van der Waals surface area (Å²) < 4.78 is 1.89. The standard InChI is InChI=1S/C15H19N3OS/c1-11-9-16-14(20-11)12-5-3-8-18(10-12)15(19)13-6-4-7-17(13)2/h4,6-7,9,12H,3,5,8,10H2,1-2H3/t12-/m0/s1. The molecule has 4 nitrogen and oxygen atoms in total. The Kier molecular flexibility index (Phi) is 3.61. The highest BCUT2D eigenvalue weighted by Gasteiger charge is 2.27. The van der Waals surface area contributed by atoms with E-state index in [4.69, 9.17) is 0 Å². The number of nitrogens with zero attached hydrogens (tertiary/aromatic N) is 3. The lowest BCUT2D eigenvalue weighted by atomic mass is 9.98. The van der Waals surface area contributed by atoms with Crippen LogP contribution in [-0.2, 0) is 7.05 Å². The van der Waals surface area contributed by atoms with Crippen LogP contribution in [0.2, 0.25) is 0 Å². The van der Waals surface area contributed by atoms with Crippen molar-refractivity contribution in [1.82, 2.24) is 14.5 Å². The zero-order valence-corrected chi connectivity index (χ0v) is 12.7. The van der Waals surface area contributed by atoms with Crippen LogP contribution in [0.3, 0.4) is 0 Å². The predicted octanol–water partition coefficient (Wildman–Crippen LogP) is 2.81. The van der Waals surface area contributed by atoms with E-state index in [1.807, 2.05) is 41.0 Å². The summed E-state index contributed by atoms with van der Waals surface area (Å²) >= 11 is 1.75. The fourth-order valence-corrected chi connectivity index (χ4v) is 3.67. The van der Waals surface area contributed by atoms with Crippen LogP contribution in [0.4, 0.5) is 0 Å². The molecule has 3 rings (SSSR count). The number of likely N-dealkylation sites (tertiary alicyclic amines) is 1. The number of carbonyl (C=O) groups is 1. The van der Waals surface area contributed by atoms with Crippen molar-refractivity contribution in [2.45, 2.75) is 25.7 Å². The topological polar surface area (TPSA) is 38.1 Å². The molecule has 3 heterocycles. The van der Waals surface area contributed by atoms with Crippen LogP contribution in [-0.4, -0.2) is 33.4 Å². The minimum absolute atomic E-state index is 0.135. The molecule has 1 fully saturated rings. The monoisotopic (exact) mass is 289 g/mol. The fraction of sp³-hybridized carbons (Fsp3) is 0.467. The maximum atomic E-state index is 12.6. The fourth-order valence-electron chi connectivity index (χ4n) is 2.77. The molecule has 2 aromatic heterocycles. The van der Waals surface area contributed by atoms with Gasteiger partial charge in [0.1, 0.15) is 5.69 Å². The van der Waals surface area contributed by atoms with Crippen molar-refractivity contribution in [3.05, 3.63) is 40.1 Å². The largest absolute Gasteiger partial charge is 0.347 e. The number of amides is 1. The Morgan fingerprint density at radius 2 is 2.35 bits per heavy atom. The van der Waals surface area contributed by atoms with Gasteiger partial charge in [-0.25, -0.2) is 4.98 Å². The highest BCUT2D eigenvalue weighted by Crippen LogP contribution is 2.30. The molecule has 1 amide bonds. The summed E-state index contributed by atoms with van der Waals surface area (Å²) in [6.45, 7) is 3.72. The lowest BCUT2D eigenvalue weighted by Crippen LogP contribution is -2.39. The summed E-state index contributed by atoms with van der Waals surface area (Å²) in [6.07, 6.45) is 6.03. The Labute approximate surface area is 123 Å². The zero-order valence-electron chi connectivity index (χ0n) is 11.9. The van der Waals surface area contributed by atoms with Crippen molar-refractivity contribution in [2.24, 2.45) is 7.05 Å². The number of thiazole rings is 1. The molecule has 20 heavy (non-hydrogen) atoms. The Bertz CT molecular complexity index is 616. The van der Waals surface area contributed by atoms with E-state index in [0.717, 1.165) is 31.6 Å². The lowest BCUT2D eigenvalue weighted by molar-refractivity contribution is 0.0697. The van der Waals surface area contributed by atoms with Gasteiger partial charge in [-0.2, -0.15) is 0 Å². The van der Waals surface area contributed by atoms with Crippen molar-refractivity contribution >= 4 is 17.2 Å². The molecule has 0 unspecified atom stereocenters. The Morgan fingerprint density at radius 1 is 1.50 bits per heavy atom. The van der Waals surface area contributed by atoms with E-state index in [0.29, 0.717) is 5.92 Å². The summed E-state index contributed by atoms with van der Waals surface area (Å²) in [5, 5.41) is 1.17. The third kappa shape index (κ3) is 2.50. The van der Waals surface area contributed by atoms with E-state index in [9.17, 15) is 4.79 Å². The van der Waals surface area contributed by atoms with Crippen LogP contribution in [0.25, 0.3) is 0 Å². The third-order valence-electron chi connectivity index (χ3n) is 3.86. The first-order chi connectivity index (χ1) is 9.65. The molecule has 1 aliphatic heterocycles. The second-order valence-corrected chi connectivity index (χ2v) is 6.67. The predicted molar refractivity (Wildman–Crippen MR) is 80.1 cm³/mol. The smallest absolute Gasteiger partial charge is 0.270 e. The maximum absolute atomic E-state index is 12.6. The van der Waals surface area contributed by atoms with Gasteiger partial charge >= 0.3 is 0 Å². The van der Waals surface area contributed by atoms with Crippen molar-refractivity contribution in [1.29, 1.82) is 0 Å². The van der Waals surface area contributed by atoms with Gasteiger partial charge in [0.25, 0.3) is 5.91 Å². The van der Waals surface area contributed by atoms with Crippen LogP contribution >= 0.6 is 11.3 Å². The summed E-state index contributed by atoms with van der Waals surface area (Å²) in [4.78, 5) is 20.3. The summed E-state index contributed by atoms with van der Waals surface area (Å²) in [5.41, 5.74) is 0.765. The molecule has 106 valence electrons. The normalized spacial score (nSPS) is 19.3. The highest BCUT2D eigenvalue weighted by atomic mass is 32.1. The molecule has 0 N–H and O–H groups in total. The van der Waals surface area contributed by atoms with Gasteiger partial charge < -0.3 is 9.47 Å². The van der Waals surface area contributed by atoms with Gasteiger partial charge in [-0.3, -0.25) is 4.79 Å². The minimum Gasteiger partial charge on any atom is -0.347 e. The number of hydrogen-bond donors (Lipinski definition) is 0. The first-order valence-electron chi connectivity index (χ1n) is 6.98. The van der Waals surface area contributed by atoms with Crippen molar-refractivity contribution in [3.63, 3.8) is 0 Å². The third-order valence-corrected chi connectivity index (χ3v) is 4.94. The van der Waals surface area contributed by atoms with E-state index in [2.05, 4.69) is 11.9 Å².